The van der Waals surface area contributed by atoms with Crippen LogP contribution in [-0.4, -0.2) is 25.3 Å². The van der Waals surface area contributed by atoms with Crippen molar-refractivity contribution in [2.45, 2.75) is 51.7 Å². The fourth-order valence-electron chi connectivity index (χ4n) is 2.58. The van der Waals surface area contributed by atoms with Gasteiger partial charge in [0, 0.05) is 6.04 Å². The molecule has 1 atom stereocenters. The number of benzene rings is 1. The topological polar surface area (TPSA) is 59.6 Å². The van der Waals surface area contributed by atoms with Crippen LogP contribution in [0.3, 0.4) is 0 Å². The van der Waals surface area contributed by atoms with Crippen LogP contribution >= 0.6 is 0 Å². The Morgan fingerprint density at radius 1 is 1.32 bits per heavy atom. The second-order valence-corrected chi connectivity index (χ2v) is 6.59. The van der Waals surface area contributed by atoms with Crippen molar-refractivity contribution in [3.8, 4) is 5.75 Å². The van der Waals surface area contributed by atoms with E-state index in [-0.39, 0.29) is 0 Å². The fourth-order valence-corrected chi connectivity index (χ4v) is 2.58. The molecule has 5 nitrogen and oxygen atoms in total. The molecule has 1 amide bonds. The zero-order valence-electron chi connectivity index (χ0n) is 13.9. The van der Waals surface area contributed by atoms with Crippen molar-refractivity contribution >= 4 is 11.8 Å². The highest BCUT2D eigenvalue weighted by atomic mass is 16.6. The molecule has 1 fully saturated rings. The maximum Gasteiger partial charge on any atom is 0.412 e. The lowest BCUT2D eigenvalue weighted by Crippen LogP contribution is -2.28. The van der Waals surface area contributed by atoms with Crippen LogP contribution in [0.5, 0.6) is 5.75 Å². The van der Waals surface area contributed by atoms with E-state index in [9.17, 15) is 4.79 Å². The average molecular weight is 306 g/mol. The number of piperidine rings is 1. The highest BCUT2D eigenvalue weighted by molar-refractivity contribution is 5.87. The van der Waals surface area contributed by atoms with Crippen molar-refractivity contribution in [2.24, 2.45) is 0 Å². The monoisotopic (exact) mass is 306 g/mol. The van der Waals surface area contributed by atoms with Crippen molar-refractivity contribution in [2.75, 3.05) is 19.0 Å². The summed E-state index contributed by atoms with van der Waals surface area (Å²) in [6.07, 6.45) is 3.11. The summed E-state index contributed by atoms with van der Waals surface area (Å²) in [5.41, 5.74) is 1.28. The molecule has 1 aliphatic heterocycles. The molecule has 0 aliphatic carbocycles. The summed E-state index contributed by atoms with van der Waals surface area (Å²) in [6, 6.07) is 6.24. The first-order chi connectivity index (χ1) is 10.4. The number of carbonyl (C=O) groups is 1. The van der Waals surface area contributed by atoms with Crippen LogP contribution in [0.15, 0.2) is 18.2 Å². The van der Waals surface area contributed by atoms with Gasteiger partial charge in [-0.25, -0.2) is 4.79 Å². The van der Waals surface area contributed by atoms with Gasteiger partial charge in [0.15, 0.2) is 0 Å². The number of rotatable bonds is 3. The van der Waals surface area contributed by atoms with Crippen LogP contribution in [-0.2, 0) is 4.74 Å². The van der Waals surface area contributed by atoms with Crippen LogP contribution in [0, 0.1) is 0 Å². The Balaban J connectivity index is 2.10. The van der Waals surface area contributed by atoms with Crippen molar-refractivity contribution in [1.82, 2.24) is 5.32 Å². The van der Waals surface area contributed by atoms with Gasteiger partial charge in [0.25, 0.3) is 0 Å². The third kappa shape index (κ3) is 4.63. The average Bonchev–Trinajstić information content (AvgIpc) is 2.46. The maximum absolute atomic E-state index is 11.9. The second-order valence-electron chi connectivity index (χ2n) is 6.59. The van der Waals surface area contributed by atoms with E-state index in [2.05, 4.69) is 10.6 Å². The van der Waals surface area contributed by atoms with E-state index in [1.54, 1.807) is 7.11 Å². The molecule has 1 aliphatic rings. The Morgan fingerprint density at radius 3 is 2.68 bits per heavy atom. The van der Waals surface area contributed by atoms with Crippen LogP contribution in [0.25, 0.3) is 0 Å². The molecule has 1 aromatic rings. The smallest absolute Gasteiger partial charge is 0.412 e. The molecule has 2 rings (SSSR count). The van der Waals surface area contributed by atoms with Crippen LogP contribution in [0.2, 0.25) is 0 Å². The first-order valence-electron chi connectivity index (χ1n) is 7.80. The minimum atomic E-state index is -0.525. The van der Waals surface area contributed by atoms with Gasteiger partial charge in [-0.05, 0) is 57.9 Å². The Bertz CT molecular complexity index is 517. The van der Waals surface area contributed by atoms with Crippen LogP contribution in [0.1, 0.15) is 51.6 Å². The highest BCUT2D eigenvalue weighted by Crippen LogP contribution is 2.31. The lowest BCUT2D eigenvalue weighted by molar-refractivity contribution is 0.0635. The zero-order valence-corrected chi connectivity index (χ0v) is 13.9. The summed E-state index contributed by atoms with van der Waals surface area (Å²) in [6.45, 7) is 6.55. The molecule has 0 saturated carbocycles. The molecular formula is C17H26N2O3. The number of anilines is 1. The molecule has 1 unspecified atom stereocenters. The highest BCUT2D eigenvalue weighted by Gasteiger charge is 2.19. The number of carbonyl (C=O) groups excluding carboxylic acids is 1. The molecular weight excluding hydrogens is 280 g/mol. The summed E-state index contributed by atoms with van der Waals surface area (Å²) in [5.74, 6) is 0.649. The molecule has 0 aromatic heterocycles. The van der Waals surface area contributed by atoms with Gasteiger partial charge in [-0.2, -0.15) is 0 Å². The minimum absolute atomic E-state index is 0.359. The molecule has 0 bridgehead atoms. The normalized spacial score (nSPS) is 18.6. The third-order valence-electron chi connectivity index (χ3n) is 3.57. The zero-order chi connectivity index (χ0) is 16.2. The molecule has 0 spiro atoms. The van der Waals surface area contributed by atoms with E-state index in [0.717, 1.165) is 13.0 Å². The van der Waals surface area contributed by atoms with E-state index in [4.69, 9.17) is 9.47 Å². The number of methoxy groups -OCH3 is 1. The van der Waals surface area contributed by atoms with Crippen molar-refractivity contribution in [1.29, 1.82) is 0 Å². The number of nitrogens with one attached hydrogen (secondary N) is 2. The number of amides is 1. The van der Waals surface area contributed by atoms with Gasteiger partial charge in [0.1, 0.15) is 11.4 Å². The summed E-state index contributed by atoms with van der Waals surface area (Å²) in [4.78, 5) is 11.9. The van der Waals surface area contributed by atoms with Gasteiger partial charge in [0.2, 0.25) is 0 Å². The van der Waals surface area contributed by atoms with E-state index >= 15 is 0 Å². The quantitative estimate of drug-likeness (QED) is 0.890. The van der Waals surface area contributed by atoms with E-state index in [1.807, 2.05) is 39.0 Å². The number of hydrogen-bond donors (Lipinski definition) is 2. The van der Waals surface area contributed by atoms with Gasteiger partial charge in [-0.3, -0.25) is 5.32 Å². The summed E-state index contributed by atoms with van der Waals surface area (Å²) in [5, 5.41) is 6.25. The predicted octanol–water partition coefficient (Wildman–Crippen LogP) is 3.86. The molecule has 0 radical (unpaired) electrons. The first kappa shape index (κ1) is 16.6. The molecule has 1 heterocycles. The maximum atomic E-state index is 11.9. The van der Waals surface area contributed by atoms with Gasteiger partial charge < -0.3 is 14.8 Å². The molecule has 1 aromatic carbocycles. The SMILES string of the molecule is COc1cc(C2CCCCN2)ccc1NC(=O)OC(C)(C)C. The van der Waals surface area contributed by atoms with E-state index < -0.39 is 11.7 Å². The minimum Gasteiger partial charge on any atom is -0.495 e. The lowest BCUT2D eigenvalue weighted by Gasteiger charge is -2.25. The fraction of sp³-hybridized carbons (Fsp3) is 0.588. The van der Waals surface area contributed by atoms with Crippen molar-refractivity contribution < 1.29 is 14.3 Å². The van der Waals surface area contributed by atoms with Gasteiger partial charge in [0.05, 0.1) is 12.8 Å². The molecule has 5 heteroatoms. The summed E-state index contributed by atoms with van der Waals surface area (Å²) < 4.78 is 10.7. The van der Waals surface area contributed by atoms with E-state index in [0.29, 0.717) is 17.5 Å². The van der Waals surface area contributed by atoms with E-state index in [1.165, 1.54) is 18.4 Å². The summed E-state index contributed by atoms with van der Waals surface area (Å²) in [7, 11) is 1.60. The van der Waals surface area contributed by atoms with Gasteiger partial charge >= 0.3 is 6.09 Å². The molecule has 1 saturated heterocycles. The Hall–Kier alpha value is -1.75. The standard InChI is InChI=1S/C17H26N2O3/c1-17(2,3)22-16(20)19-14-9-8-12(11-15(14)21-4)13-7-5-6-10-18-13/h8-9,11,13,18H,5-7,10H2,1-4H3,(H,19,20). The second kappa shape index (κ2) is 7.01. The van der Waals surface area contributed by atoms with Crippen LogP contribution in [0.4, 0.5) is 10.5 Å². The Kier molecular flexibility index (Phi) is 5.29. The lowest BCUT2D eigenvalue weighted by atomic mass is 9.97. The number of ether oxygens (including phenoxy) is 2. The number of hydrogen-bond acceptors (Lipinski definition) is 4. The Labute approximate surface area is 132 Å². The van der Waals surface area contributed by atoms with Gasteiger partial charge in [-0.1, -0.05) is 12.5 Å². The molecule has 22 heavy (non-hydrogen) atoms. The van der Waals surface area contributed by atoms with Gasteiger partial charge in [-0.15, -0.1) is 0 Å². The predicted molar refractivity (Wildman–Crippen MR) is 87.4 cm³/mol. The van der Waals surface area contributed by atoms with Crippen molar-refractivity contribution in [3.63, 3.8) is 0 Å². The third-order valence-corrected chi connectivity index (χ3v) is 3.57. The first-order valence-corrected chi connectivity index (χ1v) is 7.80. The van der Waals surface area contributed by atoms with Crippen molar-refractivity contribution in [3.05, 3.63) is 23.8 Å². The largest absolute Gasteiger partial charge is 0.495 e. The van der Waals surface area contributed by atoms with Crippen LogP contribution < -0.4 is 15.4 Å². The molecule has 122 valence electrons. The Morgan fingerprint density at radius 2 is 2.09 bits per heavy atom. The summed E-state index contributed by atoms with van der Waals surface area (Å²) >= 11 is 0. The molecule has 2 N–H and O–H groups in total.